The van der Waals surface area contributed by atoms with Gasteiger partial charge in [-0.05, 0) is 149 Å². The van der Waals surface area contributed by atoms with Crippen LogP contribution in [-0.4, -0.2) is 6.04 Å². The Bertz CT molecular complexity index is 3120. The first-order chi connectivity index (χ1) is 31.7. The van der Waals surface area contributed by atoms with Crippen molar-refractivity contribution in [2.75, 3.05) is 9.80 Å². The number of anilines is 5. The van der Waals surface area contributed by atoms with Crippen molar-refractivity contribution in [3.63, 3.8) is 0 Å². The second-order valence-electron chi connectivity index (χ2n) is 17.8. The van der Waals surface area contributed by atoms with Crippen molar-refractivity contribution in [2.45, 2.75) is 50.5 Å². The van der Waals surface area contributed by atoms with Crippen molar-refractivity contribution in [3.8, 4) is 11.1 Å². The number of para-hydroxylation sites is 1. The highest BCUT2D eigenvalue weighted by atomic mass is 15.2. The van der Waals surface area contributed by atoms with E-state index < -0.39 is 0 Å². The van der Waals surface area contributed by atoms with Gasteiger partial charge in [0.2, 0.25) is 0 Å². The van der Waals surface area contributed by atoms with E-state index in [-0.39, 0.29) is 11.5 Å². The summed E-state index contributed by atoms with van der Waals surface area (Å²) in [6.45, 7) is 2.14. The monoisotopic (exact) mass is 822 g/mol. The average Bonchev–Trinajstić information content (AvgIpc) is 3.86. The molecule has 308 valence electrons. The van der Waals surface area contributed by atoms with E-state index in [2.05, 4.69) is 235 Å². The van der Waals surface area contributed by atoms with Gasteiger partial charge >= 0.3 is 0 Å². The van der Waals surface area contributed by atoms with Crippen LogP contribution in [-0.2, 0) is 5.41 Å². The van der Waals surface area contributed by atoms with E-state index >= 15 is 0 Å². The molecule has 0 fully saturated rings. The van der Waals surface area contributed by atoms with Gasteiger partial charge in [0.05, 0.1) is 11.5 Å². The molecule has 12 rings (SSSR count). The van der Waals surface area contributed by atoms with Crippen molar-refractivity contribution in [1.82, 2.24) is 0 Å². The maximum atomic E-state index is 2.65. The van der Waals surface area contributed by atoms with Crippen molar-refractivity contribution < 1.29 is 0 Å². The van der Waals surface area contributed by atoms with Gasteiger partial charge in [-0.15, -0.1) is 0 Å². The van der Waals surface area contributed by atoms with E-state index in [1.54, 1.807) is 0 Å². The summed E-state index contributed by atoms with van der Waals surface area (Å²) in [5.74, 6) is 0. The van der Waals surface area contributed by atoms with Gasteiger partial charge in [0.1, 0.15) is 0 Å². The Balaban J connectivity index is 0.936. The Labute approximate surface area is 377 Å². The number of hydrogen-bond donors (Lipinski definition) is 0. The van der Waals surface area contributed by atoms with Crippen LogP contribution in [0.5, 0.6) is 0 Å². The zero-order valence-electron chi connectivity index (χ0n) is 36.3. The molecular formula is C62H50N2. The first kappa shape index (κ1) is 38.3. The van der Waals surface area contributed by atoms with Crippen LogP contribution in [0.3, 0.4) is 0 Å². The summed E-state index contributed by atoms with van der Waals surface area (Å²) < 4.78 is 0. The van der Waals surface area contributed by atoms with Crippen LogP contribution in [0.4, 0.5) is 28.4 Å². The summed E-state index contributed by atoms with van der Waals surface area (Å²) in [6, 6.07) is 64.0. The predicted molar refractivity (Wildman–Crippen MR) is 270 cm³/mol. The van der Waals surface area contributed by atoms with Crippen molar-refractivity contribution in [3.05, 3.63) is 263 Å². The molecule has 2 unspecified atom stereocenters. The highest BCUT2D eigenvalue weighted by molar-refractivity contribution is 6.07. The number of benzene rings is 7. The summed E-state index contributed by atoms with van der Waals surface area (Å²) in [5, 5.41) is 0. The Morgan fingerprint density at radius 2 is 1.19 bits per heavy atom. The molecule has 0 amide bonds. The first-order valence-electron chi connectivity index (χ1n) is 23.1. The van der Waals surface area contributed by atoms with Gasteiger partial charge in [-0.2, -0.15) is 0 Å². The normalized spacial score (nSPS) is 19.1. The lowest BCUT2D eigenvalue weighted by Crippen LogP contribution is -2.30. The number of allylic oxidation sites excluding steroid dienone is 10. The lowest BCUT2D eigenvalue weighted by Gasteiger charge is -2.37. The molecule has 0 bridgehead atoms. The summed E-state index contributed by atoms with van der Waals surface area (Å²) >= 11 is 0. The van der Waals surface area contributed by atoms with Gasteiger partial charge in [-0.3, -0.25) is 0 Å². The topological polar surface area (TPSA) is 6.48 Å². The highest BCUT2D eigenvalue weighted by Crippen LogP contribution is 2.59. The van der Waals surface area contributed by atoms with Gasteiger partial charge in [0, 0.05) is 34.0 Å². The van der Waals surface area contributed by atoms with E-state index in [1.165, 1.54) is 83.7 Å². The summed E-state index contributed by atoms with van der Waals surface area (Å²) in [6.07, 6.45) is 24.0. The van der Waals surface area contributed by atoms with Crippen LogP contribution < -0.4 is 9.80 Å². The van der Waals surface area contributed by atoms with Gasteiger partial charge < -0.3 is 9.80 Å². The lowest BCUT2D eigenvalue weighted by atomic mass is 9.65. The average molecular weight is 823 g/mol. The second kappa shape index (κ2) is 15.7. The maximum Gasteiger partial charge on any atom is 0.0676 e. The SMILES string of the molecule is Cc1ccc(N(c2ccccc2)c2ccc(C3=CCCC=C3c3ccc4c(c3)N(c3ccc5c(c3)-c3ccccc3C5(C3=CC=CCC3)c3ccccc3)C3CC=CC=C43)cc2)cc1. The molecule has 1 aliphatic heterocycles. The number of hydrogen-bond acceptors (Lipinski definition) is 2. The largest absolute Gasteiger partial charge is 0.333 e. The van der Waals surface area contributed by atoms with Gasteiger partial charge in [0.15, 0.2) is 0 Å². The van der Waals surface area contributed by atoms with Gasteiger partial charge in [-0.25, -0.2) is 0 Å². The van der Waals surface area contributed by atoms with E-state index in [0.717, 1.165) is 49.2 Å². The van der Waals surface area contributed by atoms with Crippen LogP contribution in [0.1, 0.15) is 71.0 Å². The van der Waals surface area contributed by atoms with E-state index in [1.807, 2.05) is 0 Å². The van der Waals surface area contributed by atoms with Crippen LogP contribution in [0, 0.1) is 6.92 Å². The number of aryl methyl sites for hydroxylation is 1. The summed E-state index contributed by atoms with van der Waals surface area (Å²) in [5.41, 5.74) is 23.0. The molecule has 0 saturated carbocycles. The first-order valence-corrected chi connectivity index (χ1v) is 23.1. The molecule has 2 atom stereocenters. The molecule has 1 heterocycles. The Hall–Kier alpha value is -7.42. The maximum absolute atomic E-state index is 2.65. The fraction of sp³-hybridized carbons (Fsp3) is 0.129. The van der Waals surface area contributed by atoms with Crippen molar-refractivity contribution in [2.24, 2.45) is 0 Å². The van der Waals surface area contributed by atoms with E-state index in [0.29, 0.717) is 0 Å². The lowest BCUT2D eigenvalue weighted by molar-refractivity contribution is 0.692. The molecule has 0 radical (unpaired) electrons. The molecule has 4 aliphatic carbocycles. The van der Waals surface area contributed by atoms with Gasteiger partial charge in [0.25, 0.3) is 0 Å². The molecule has 7 aromatic carbocycles. The third kappa shape index (κ3) is 6.15. The molecule has 64 heavy (non-hydrogen) atoms. The minimum absolute atomic E-state index is 0.235. The zero-order valence-corrected chi connectivity index (χ0v) is 36.3. The molecule has 5 aliphatic rings. The number of fused-ring (bicyclic) bond motifs is 6. The third-order valence-electron chi connectivity index (χ3n) is 14.2. The third-order valence-corrected chi connectivity index (χ3v) is 14.2. The van der Waals surface area contributed by atoms with Crippen LogP contribution >= 0.6 is 0 Å². The molecule has 0 N–H and O–H groups in total. The zero-order chi connectivity index (χ0) is 42.6. The highest BCUT2D eigenvalue weighted by Gasteiger charge is 2.47. The number of nitrogens with zero attached hydrogens (tertiary/aromatic N) is 2. The van der Waals surface area contributed by atoms with Crippen LogP contribution in [0.15, 0.2) is 224 Å². The second-order valence-corrected chi connectivity index (χ2v) is 17.8. The van der Waals surface area contributed by atoms with Crippen molar-refractivity contribution >= 4 is 45.2 Å². The smallest absolute Gasteiger partial charge is 0.0676 e. The molecule has 2 nitrogen and oxygen atoms in total. The Kier molecular flexibility index (Phi) is 9.41. The standard InChI is InChI=1S/C62H50N2/c1-43-29-34-49(35-30-43)63(48-21-9-4-10-22-48)50-36-31-44(32-37-50)52-23-11-12-24-53(52)45-33-39-56-55-26-14-16-28-60(55)64(61(56)41-45)51-38-40-59-57(42-51)54-25-13-15-27-58(54)62(59,46-17-5-2-6-18-46)47-19-7-3-8-20-47/h2-7,9-10,13-19,21-27,29-42,60H,8,11-12,20,28H2,1H3. The molecule has 0 aromatic heterocycles. The van der Waals surface area contributed by atoms with E-state index in [9.17, 15) is 0 Å². The minimum Gasteiger partial charge on any atom is -0.333 e. The number of rotatable bonds is 8. The van der Waals surface area contributed by atoms with E-state index in [4.69, 9.17) is 0 Å². The molecular weight excluding hydrogens is 773 g/mol. The molecule has 0 spiro atoms. The quantitative estimate of drug-likeness (QED) is 0.151. The summed E-state index contributed by atoms with van der Waals surface area (Å²) in [7, 11) is 0. The van der Waals surface area contributed by atoms with Gasteiger partial charge in [-0.1, -0.05) is 175 Å². The molecule has 2 heteroatoms. The Morgan fingerprint density at radius 1 is 0.531 bits per heavy atom. The fourth-order valence-electron chi connectivity index (χ4n) is 11.4. The molecule has 7 aromatic rings. The van der Waals surface area contributed by atoms with Crippen LogP contribution in [0.25, 0.3) is 27.8 Å². The summed E-state index contributed by atoms with van der Waals surface area (Å²) in [4.78, 5) is 4.99. The minimum atomic E-state index is -0.333. The fourth-order valence-corrected chi connectivity index (χ4v) is 11.4. The van der Waals surface area contributed by atoms with Crippen molar-refractivity contribution in [1.29, 1.82) is 0 Å². The predicted octanol–water partition coefficient (Wildman–Crippen LogP) is 16.2. The Morgan fingerprint density at radius 3 is 1.95 bits per heavy atom. The molecule has 0 saturated heterocycles. The van der Waals surface area contributed by atoms with Crippen LogP contribution in [0.2, 0.25) is 0 Å².